The summed E-state index contributed by atoms with van der Waals surface area (Å²) in [6.45, 7) is 8.65. The molecule has 0 radical (unpaired) electrons. The van der Waals surface area contributed by atoms with E-state index >= 15 is 0 Å². The van der Waals surface area contributed by atoms with Crippen LogP contribution in [-0.4, -0.2) is 46.1 Å². The molecule has 2 aromatic heterocycles. The first-order chi connectivity index (χ1) is 17.8. The lowest BCUT2D eigenvalue weighted by Gasteiger charge is -2.10. The Morgan fingerprint density at radius 1 is 1.30 bits per heavy atom. The van der Waals surface area contributed by atoms with Gasteiger partial charge in [0.2, 0.25) is 5.91 Å². The summed E-state index contributed by atoms with van der Waals surface area (Å²) in [4.78, 5) is 26.0. The number of aromatic nitrogens is 3. The van der Waals surface area contributed by atoms with E-state index in [0.717, 1.165) is 16.3 Å². The fraction of sp³-hybridized carbons (Fsp3) is 0.360. The maximum atomic E-state index is 12.7. The van der Waals surface area contributed by atoms with Crippen molar-refractivity contribution in [1.82, 2.24) is 14.8 Å². The molecule has 0 unspecified atom stereocenters. The van der Waals surface area contributed by atoms with Gasteiger partial charge in [0.25, 0.3) is 0 Å². The number of thioether (sulfide) groups is 1. The molecular weight excluding hydrogens is 555 g/mol. The van der Waals surface area contributed by atoms with E-state index in [9.17, 15) is 9.59 Å². The molecule has 0 spiro atoms. The molecule has 0 atom stereocenters. The molecule has 0 fully saturated rings. The number of ether oxygens (including phenoxy) is 2. The molecule has 1 N–H and O–H groups in total. The van der Waals surface area contributed by atoms with E-state index in [4.69, 9.17) is 32.7 Å². The van der Waals surface area contributed by atoms with E-state index in [-0.39, 0.29) is 11.7 Å². The van der Waals surface area contributed by atoms with E-state index in [2.05, 4.69) is 22.1 Å². The molecule has 0 aliphatic rings. The van der Waals surface area contributed by atoms with Gasteiger partial charge in [0.15, 0.2) is 5.16 Å². The second-order valence-electron chi connectivity index (χ2n) is 7.85. The number of benzene rings is 1. The lowest BCUT2D eigenvalue weighted by molar-refractivity contribution is -0.113. The lowest BCUT2D eigenvalue weighted by atomic mass is 10.1. The van der Waals surface area contributed by atoms with Gasteiger partial charge in [-0.3, -0.25) is 4.79 Å². The van der Waals surface area contributed by atoms with Crippen LogP contribution in [0, 0.1) is 6.92 Å². The molecule has 0 bridgehead atoms. The number of carbonyl (C=O) groups is 2. The SMILES string of the molecule is C=CCn1c(CCCOc2ccc(Cl)cc2Cl)nnc1SCC(=O)Nc1sc(C)c(CC)c1C(=O)OC. The van der Waals surface area contributed by atoms with Crippen molar-refractivity contribution in [2.75, 3.05) is 24.8 Å². The van der Waals surface area contributed by atoms with Crippen LogP contribution in [-0.2, 0) is 28.9 Å². The van der Waals surface area contributed by atoms with Crippen LogP contribution in [0.15, 0.2) is 36.0 Å². The number of methoxy groups -OCH3 is 1. The zero-order valence-electron chi connectivity index (χ0n) is 20.8. The first-order valence-electron chi connectivity index (χ1n) is 11.5. The fourth-order valence-electron chi connectivity index (χ4n) is 3.63. The Morgan fingerprint density at radius 3 is 2.76 bits per heavy atom. The molecule has 3 rings (SSSR count). The molecule has 1 aromatic carbocycles. The fourth-order valence-corrected chi connectivity index (χ4v) is 6.01. The van der Waals surface area contributed by atoms with Crippen LogP contribution in [0.25, 0.3) is 0 Å². The number of nitrogens with zero attached hydrogens (tertiary/aromatic N) is 3. The Labute approximate surface area is 234 Å². The highest BCUT2D eigenvalue weighted by Crippen LogP contribution is 2.34. The van der Waals surface area contributed by atoms with Crippen LogP contribution in [0.1, 0.15) is 40.0 Å². The Hall–Kier alpha value is -2.53. The van der Waals surface area contributed by atoms with Gasteiger partial charge in [0.1, 0.15) is 16.6 Å². The zero-order valence-corrected chi connectivity index (χ0v) is 24.0. The minimum absolute atomic E-state index is 0.104. The molecule has 3 aromatic rings. The number of amides is 1. The number of hydrogen-bond donors (Lipinski definition) is 1. The number of rotatable bonds is 13. The number of carbonyl (C=O) groups excluding carboxylic acids is 2. The standard InChI is InChI=1S/C25H28Cl2N4O4S2/c1-5-11-31-20(8-7-12-35-19-10-9-16(26)13-18(19)27)29-30-25(31)36-14-21(32)28-23-22(24(33)34-4)17(6-2)15(3)37-23/h5,9-10,13H,1,6-8,11-12,14H2,2-4H3,(H,28,32). The van der Waals surface area contributed by atoms with Crippen LogP contribution in [0.4, 0.5) is 5.00 Å². The van der Waals surface area contributed by atoms with Crippen LogP contribution >= 0.6 is 46.3 Å². The van der Waals surface area contributed by atoms with Gasteiger partial charge in [0.05, 0.1) is 30.1 Å². The molecule has 8 nitrogen and oxygen atoms in total. The molecule has 198 valence electrons. The van der Waals surface area contributed by atoms with Crippen molar-refractivity contribution in [3.63, 3.8) is 0 Å². The number of nitrogens with one attached hydrogen (secondary N) is 1. The van der Waals surface area contributed by atoms with E-state index in [0.29, 0.717) is 63.9 Å². The minimum Gasteiger partial charge on any atom is -0.492 e. The van der Waals surface area contributed by atoms with E-state index in [1.165, 1.54) is 30.2 Å². The van der Waals surface area contributed by atoms with Crippen LogP contribution in [0.3, 0.4) is 0 Å². The smallest absolute Gasteiger partial charge is 0.341 e. The average Bonchev–Trinajstić information content (AvgIpc) is 3.40. The van der Waals surface area contributed by atoms with E-state index < -0.39 is 5.97 Å². The van der Waals surface area contributed by atoms with Crippen molar-refractivity contribution in [2.24, 2.45) is 0 Å². The average molecular weight is 584 g/mol. The second kappa shape index (κ2) is 13.9. The molecule has 0 aliphatic heterocycles. The van der Waals surface area contributed by atoms with Crippen molar-refractivity contribution < 1.29 is 19.1 Å². The zero-order chi connectivity index (χ0) is 26.9. The molecule has 2 heterocycles. The normalized spacial score (nSPS) is 10.8. The molecule has 0 aliphatic carbocycles. The monoisotopic (exact) mass is 582 g/mol. The Bertz CT molecular complexity index is 1280. The maximum Gasteiger partial charge on any atom is 0.341 e. The molecule has 0 saturated heterocycles. The van der Waals surface area contributed by atoms with Gasteiger partial charge in [0, 0.05) is 22.9 Å². The number of thiophene rings is 1. The summed E-state index contributed by atoms with van der Waals surface area (Å²) in [6, 6.07) is 5.10. The van der Waals surface area contributed by atoms with Gasteiger partial charge < -0.3 is 19.4 Å². The Kier molecular flexibility index (Phi) is 10.9. The summed E-state index contributed by atoms with van der Waals surface area (Å²) in [6.07, 6.45) is 3.73. The summed E-state index contributed by atoms with van der Waals surface area (Å²) in [5.41, 5.74) is 1.31. The van der Waals surface area contributed by atoms with Gasteiger partial charge >= 0.3 is 5.97 Å². The summed E-state index contributed by atoms with van der Waals surface area (Å²) < 4.78 is 12.6. The minimum atomic E-state index is -0.457. The summed E-state index contributed by atoms with van der Waals surface area (Å²) in [7, 11) is 1.33. The van der Waals surface area contributed by atoms with Crippen LogP contribution in [0.2, 0.25) is 10.0 Å². The van der Waals surface area contributed by atoms with E-state index in [1.54, 1.807) is 24.3 Å². The molecule has 37 heavy (non-hydrogen) atoms. The van der Waals surface area contributed by atoms with Gasteiger partial charge in [-0.25, -0.2) is 4.79 Å². The molecular formula is C25H28Cl2N4O4S2. The summed E-state index contributed by atoms with van der Waals surface area (Å²) >= 11 is 14.7. The molecule has 0 saturated carbocycles. The van der Waals surface area contributed by atoms with Gasteiger partial charge in [-0.05, 0) is 43.5 Å². The first-order valence-corrected chi connectivity index (χ1v) is 14.1. The van der Waals surface area contributed by atoms with Crippen molar-refractivity contribution >= 4 is 63.2 Å². The quantitative estimate of drug-likeness (QED) is 0.110. The van der Waals surface area contributed by atoms with E-state index in [1.807, 2.05) is 18.4 Å². The highest BCUT2D eigenvalue weighted by atomic mass is 35.5. The lowest BCUT2D eigenvalue weighted by Crippen LogP contribution is -2.16. The third kappa shape index (κ3) is 7.50. The van der Waals surface area contributed by atoms with Crippen molar-refractivity contribution in [1.29, 1.82) is 0 Å². The molecule has 1 amide bonds. The van der Waals surface area contributed by atoms with Gasteiger partial charge in [-0.15, -0.1) is 28.1 Å². The Morgan fingerprint density at radius 2 is 2.08 bits per heavy atom. The second-order valence-corrected chi connectivity index (χ2v) is 10.9. The van der Waals surface area contributed by atoms with Crippen molar-refractivity contribution in [3.8, 4) is 5.75 Å². The number of esters is 1. The van der Waals surface area contributed by atoms with Crippen LogP contribution < -0.4 is 10.1 Å². The maximum absolute atomic E-state index is 12.7. The molecule has 12 heteroatoms. The highest BCUT2D eigenvalue weighted by Gasteiger charge is 2.23. The third-order valence-corrected chi connectivity index (χ3v) is 7.90. The number of aryl methyl sites for hydroxylation is 2. The predicted octanol–water partition coefficient (Wildman–Crippen LogP) is 6.23. The van der Waals surface area contributed by atoms with Gasteiger partial charge in [-0.1, -0.05) is 48.0 Å². The summed E-state index contributed by atoms with van der Waals surface area (Å²) in [5.74, 6) is 0.738. The number of anilines is 1. The largest absolute Gasteiger partial charge is 0.492 e. The summed E-state index contributed by atoms with van der Waals surface area (Å²) in [5, 5.41) is 13.5. The predicted molar refractivity (Wildman–Crippen MR) is 150 cm³/mol. The van der Waals surface area contributed by atoms with Crippen molar-refractivity contribution in [3.05, 3.63) is 62.7 Å². The highest BCUT2D eigenvalue weighted by molar-refractivity contribution is 7.99. The third-order valence-electron chi connectivity index (χ3n) is 5.34. The Balaban J connectivity index is 1.59. The number of hydrogen-bond acceptors (Lipinski definition) is 8. The number of halogens is 2. The van der Waals surface area contributed by atoms with Gasteiger partial charge in [-0.2, -0.15) is 0 Å². The number of allylic oxidation sites excluding steroid dienone is 1. The van der Waals surface area contributed by atoms with Crippen LogP contribution in [0.5, 0.6) is 5.75 Å². The van der Waals surface area contributed by atoms with Crippen molar-refractivity contribution in [2.45, 2.75) is 44.8 Å². The first kappa shape index (κ1) is 29.0. The topological polar surface area (TPSA) is 95.3 Å².